The lowest BCUT2D eigenvalue weighted by atomic mass is 9.79. The molecule has 0 spiro atoms. The second-order valence-electron chi connectivity index (χ2n) is 7.16. The number of benzene rings is 1. The molecule has 0 aromatic heterocycles. The monoisotopic (exact) mass is 388 g/mol. The topological polar surface area (TPSA) is 24.5 Å². The predicted octanol–water partition coefficient (Wildman–Crippen LogP) is 4.15. The normalized spacial score (nSPS) is 19.8. The van der Waals surface area contributed by atoms with Gasteiger partial charge in [0.1, 0.15) is 0 Å². The van der Waals surface area contributed by atoms with Crippen molar-refractivity contribution in [1.82, 2.24) is 10.2 Å². The Morgan fingerprint density at radius 3 is 2.24 bits per heavy atom. The molecule has 0 bridgehead atoms. The van der Waals surface area contributed by atoms with Gasteiger partial charge < -0.3 is 15.0 Å². The van der Waals surface area contributed by atoms with Crippen LogP contribution in [0.5, 0.6) is 0 Å². The molecule has 0 amide bonds. The molecule has 0 aliphatic carbocycles. The van der Waals surface area contributed by atoms with Gasteiger partial charge in [-0.3, -0.25) is 0 Å². The molecule has 25 heavy (non-hydrogen) atoms. The number of nitrogens with one attached hydrogen (secondary N) is 1. The molecule has 0 saturated carbocycles. The summed E-state index contributed by atoms with van der Waals surface area (Å²) in [6.07, 6.45) is 6.78. The van der Waals surface area contributed by atoms with Crippen molar-refractivity contribution in [1.29, 1.82) is 0 Å². The smallest absolute Gasteiger partial charge is 0.0716 e. The van der Waals surface area contributed by atoms with E-state index in [1.54, 1.807) is 0 Å². The SMILES string of the molecule is Cl.Cl.c1ccc(COCCCN2CCC(C3CCNCC3)CC2)cc1. The van der Waals surface area contributed by atoms with Crippen LogP contribution in [0.15, 0.2) is 30.3 Å². The van der Waals surface area contributed by atoms with Gasteiger partial charge in [0.15, 0.2) is 0 Å². The summed E-state index contributed by atoms with van der Waals surface area (Å²) in [6, 6.07) is 10.5. The van der Waals surface area contributed by atoms with E-state index in [1.807, 2.05) is 0 Å². The molecule has 0 atom stereocenters. The number of nitrogens with zero attached hydrogens (tertiary/aromatic N) is 1. The lowest BCUT2D eigenvalue weighted by Crippen LogP contribution is -2.39. The van der Waals surface area contributed by atoms with Gasteiger partial charge in [-0.25, -0.2) is 0 Å². The van der Waals surface area contributed by atoms with Crippen LogP contribution in [0.4, 0.5) is 0 Å². The third kappa shape index (κ3) is 7.84. The van der Waals surface area contributed by atoms with E-state index in [0.717, 1.165) is 31.5 Å². The summed E-state index contributed by atoms with van der Waals surface area (Å²) >= 11 is 0. The molecule has 3 rings (SSSR count). The first-order chi connectivity index (χ1) is 11.4. The van der Waals surface area contributed by atoms with Crippen LogP contribution >= 0.6 is 24.8 Å². The predicted molar refractivity (Wildman–Crippen MR) is 110 cm³/mol. The summed E-state index contributed by atoms with van der Waals surface area (Å²) in [5.41, 5.74) is 1.27. The number of likely N-dealkylation sites (tertiary alicyclic amines) is 1. The van der Waals surface area contributed by atoms with Gasteiger partial charge in [-0.15, -0.1) is 24.8 Å². The van der Waals surface area contributed by atoms with Crippen LogP contribution in [0.25, 0.3) is 0 Å². The van der Waals surface area contributed by atoms with E-state index < -0.39 is 0 Å². The maximum absolute atomic E-state index is 5.79. The Kier molecular flexibility index (Phi) is 11.8. The molecule has 2 saturated heterocycles. The minimum absolute atomic E-state index is 0. The zero-order chi connectivity index (χ0) is 15.7. The zero-order valence-corrected chi connectivity index (χ0v) is 16.8. The van der Waals surface area contributed by atoms with Crippen molar-refractivity contribution >= 4 is 24.8 Å². The Hall–Kier alpha value is -0.320. The lowest BCUT2D eigenvalue weighted by molar-refractivity contribution is 0.0923. The van der Waals surface area contributed by atoms with Crippen LogP contribution in [0.3, 0.4) is 0 Å². The van der Waals surface area contributed by atoms with Gasteiger partial charge in [0.25, 0.3) is 0 Å². The summed E-state index contributed by atoms with van der Waals surface area (Å²) in [6.45, 7) is 7.91. The van der Waals surface area contributed by atoms with E-state index in [1.165, 1.54) is 64.0 Å². The Balaban J connectivity index is 0.00000156. The maximum Gasteiger partial charge on any atom is 0.0716 e. The average Bonchev–Trinajstić information content (AvgIpc) is 2.64. The number of piperidine rings is 2. The molecular formula is C20H34Cl2N2O. The van der Waals surface area contributed by atoms with Crippen molar-refractivity contribution < 1.29 is 4.74 Å². The van der Waals surface area contributed by atoms with E-state index >= 15 is 0 Å². The van der Waals surface area contributed by atoms with Crippen molar-refractivity contribution in [2.24, 2.45) is 11.8 Å². The molecule has 0 unspecified atom stereocenters. The van der Waals surface area contributed by atoms with E-state index in [2.05, 4.69) is 40.5 Å². The number of hydrogen-bond donors (Lipinski definition) is 1. The quantitative estimate of drug-likeness (QED) is 0.709. The molecule has 3 nitrogen and oxygen atoms in total. The molecule has 2 fully saturated rings. The van der Waals surface area contributed by atoms with Gasteiger partial charge >= 0.3 is 0 Å². The van der Waals surface area contributed by atoms with Gasteiger partial charge in [-0.1, -0.05) is 30.3 Å². The van der Waals surface area contributed by atoms with Crippen molar-refractivity contribution in [2.75, 3.05) is 39.3 Å². The molecule has 2 heterocycles. The van der Waals surface area contributed by atoms with Gasteiger partial charge in [0.2, 0.25) is 0 Å². The third-order valence-corrected chi connectivity index (χ3v) is 5.56. The van der Waals surface area contributed by atoms with Gasteiger partial charge in [0.05, 0.1) is 6.61 Å². The van der Waals surface area contributed by atoms with E-state index in [-0.39, 0.29) is 24.8 Å². The molecule has 1 N–H and O–H groups in total. The summed E-state index contributed by atoms with van der Waals surface area (Å²) in [7, 11) is 0. The molecule has 5 heteroatoms. The van der Waals surface area contributed by atoms with Crippen LogP contribution in [-0.4, -0.2) is 44.2 Å². The first kappa shape index (κ1) is 22.7. The highest BCUT2D eigenvalue weighted by molar-refractivity contribution is 5.85. The van der Waals surface area contributed by atoms with Gasteiger partial charge in [-0.05, 0) is 75.7 Å². The lowest BCUT2D eigenvalue weighted by Gasteiger charge is -2.37. The van der Waals surface area contributed by atoms with Crippen molar-refractivity contribution in [2.45, 2.75) is 38.7 Å². The van der Waals surface area contributed by atoms with Crippen molar-refractivity contribution in [3.63, 3.8) is 0 Å². The van der Waals surface area contributed by atoms with Crippen LogP contribution in [0.2, 0.25) is 0 Å². The molecule has 144 valence electrons. The first-order valence-electron chi connectivity index (χ1n) is 9.46. The second kappa shape index (κ2) is 12.9. The molecule has 0 radical (unpaired) electrons. The number of halogens is 2. The fourth-order valence-corrected chi connectivity index (χ4v) is 4.12. The van der Waals surface area contributed by atoms with E-state index in [4.69, 9.17) is 4.74 Å². The molecule has 2 aliphatic heterocycles. The van der Waals surface area contributed by atoms with Crippen LogP contribution < -0.4 is 5.32 Å². The largest absolute Gasteiger partial charge is 0.377 e. The first-order valence-corrected chi connectivity index (χ1v) is 9.46. The number of hydrogen-bond acceptors (Lipinski definition) is 3. The van der Waals surface area contributed by atoms with Gasteiger partial charge in [0, 0.05) is 13.2 Å². The van der Waals surface area contributed by atoms with Crippen molar-refractivity contribution in [3.8, 4) is 0 Å². The highest BCUT2D eigenvalue weighted by Gasteiger charge is 2.27. The summed E-state index contributed by atoms with van der Waals surface area (Å²) in [5, 5.41) is 3.49. The summed E-state index contributed by atoms with van der Waals surface area (Å²) in [5.74, 6) is 1.98. The van der Waals surface area contributed by atoms with Crippen LogP contribution in [0.1, 0.15) is 37.7 Å². The standard InChI is InChI=1S/C20H32N2O.2ClH/c1-2-5-18(6-3-1)17-23-16-4-13-22-14-9-20(10-15-22)19-7-11-21-12-8-19;;/h1-3,5-6,19-21H,4,7-17H2;2*1H. The third-order valence-electron chi connectivity index (χ3n) is 5.56. The number of rotatable bonds is 7. The summed E-state index contributed by atoms with van der Waals surface area (Å²) < 4.78 is 5.79. The second-order valence-corrected chi connectivity index (χ2v) is 7.16. The maximum atomic E-state index is 5.79. The Morgan fingerprint density at radius 1 is 0.920 bits per heavy atom. The minimum Gasteiger partial charge on any atom is -0.377 e. The van der Waals surface area contributed by atoms with Gasteiger partial charge in [-0.2, -0.15) is 0 Å². The average molecular weight is 389 g/mol. The highest BCUT2D eigenvalue weighted by Crippen LogP contribution is 2.30. The number of ether oxygens (including phenoxy) is 1. The van der Waals surface area contributed by atoms with E-state index in [9.17, 15) is 0 Å². The Bertz CT molecular complexity index is 433. The fraction of sp³-hybridized carbons (Fsp3) is 0.700. The molecule has 2 aliphatic rings. The molecular weight excluding hydrogens is 355 g/mol. The molecule has 1 aromatic rings. The van der Waals surface area contributed by atoms with E-state index in [0.29, 0.717) is 0 Å². The molecule has 1 aromatic carbocycles. The van der Waals surface area contributed by atoms with Crippen LogP contribution in [-0.2, 0) is 11.3 Å². The zero-order valence-electron chi connectivity index (χ0n) is 15.2. The Morgan fingerprint density at radius 2 is 1.56 bits per heavy atom. The summed E-state index contributed by atoms with van der Waals surface area (Å²) in [4.78, 5) is 2.64. The highest BCUT2D eigenvalue weighted by atomic mass is 35.5. The van der Waals surface area contributed by atoms with Crippen LogP contribution in [0, 0.1) is 11.8 Å². The van der Waals surface area contributed by atoms with Crippen molar-refractivity contribution in [3.05, 3.63) is 35.9 Å². The minimum atomic E-state index is 0. The Labute approximate surface area is 165 Å². The fourth-order valence-electron chi connectivity index (χ4n) is 4.12.